The average molecular weight is 233 g/mol. The zero-order valence-electron chi connectivity index (χ0n) is 10.6. The van der Waals surface area contributed by atoms with E-state index in [1.54, 1.807) is 4.68 Å². The van der Waals surface area contributed by atoms with E-state index in [1.165, 1.54) is 5.69 Å². The first-order valence-electron chi connectivity index (χ1n) is 5.88. The van der Waals surface area contributed by atoms with E-state index in [4.69, 9.17) is 5.73 Å². The molecule has 1 atom stereocenters. The summed E-state index contributed by atoms with van der Waals surface area (Å²) in [6.07, 6.45) is 2.68. The number of aryl methyl sites for hydroxylation is 3. The molecule has 0 radical (unpaired) electrons. The molecule has 0 saturated carbocycles. The van der Waals surface area contributed by atoms with E-state index in [0.717, 1.165) is 24.4 Å². The van der Waals surface area contributed by atoms with Crippen LogP contribution < -0.4 is 5.73 Å². The minimum absolute atomic E-state index is 0.0717. The third kappa shape index (κ3) is 2.55. The summed E-state index contributed by atoms with van der Waals surface area (Å²) in [6.45, 7) is 4.96. The Morgan fingerprint density at radius 3 is 2.76 bits per heavy atom. The molecule has 2 rings (SSSR count). The van der Waals surface area contributed by atoms with Gasteiger partial charge in [0.05, 0.1) is 17.4 Å². The second-order valence-electron chi connectivity index (χ2n) is 4.32. The van der Waals surface area contributed by atoms with Crippen molar-refractivity contribution in [1.29, 1.82) is 0 Å². The Kier molecular flexibility index (Phi) is 3.28. The van der Waals surface area contributed by atoms with Gasteiger partial charge in [-0.15, -0.1) is 0 Å². The van der Waals surface area contributed by atoms with Crippen LogP contribution in [-0.2, 0) is 20.0 Å². The largest absolute Gasteiger partial charge is 0.322 e. The molecule has 2 aromatic rings. The van der Waals surface area contributed by atoms with Crippen LogP contribution >= 0.6 is 0 Å². The molecule has 0 amide bonds. The number of hydrogen-bond acceptors (Lipinski definition) is 3. The topological polar surface area (TPSA) is 61.7 Å². The summed E-state index contributed by atoms with van der Waals surface area (Å²) in [4.78, 5) is 0. The van der Waals surface area contributed by atoms with Crippen molar-refractivity contribution in [2.75, 3.05) is 0 Å². The molecule has 0 bridgehead atoms. The highest BCUT2D eigenvalue weighted by atomic mass is 15.3. The van der Waals surface area contributed by atoms with Crippen LogP contribution in [0.1, 0.15) is 30.0 Å². The minimum atomic E-state index is -0.0717. The monoisotopic (exact) mass is 233 g/mol. The average Bonchev–Trinajstić information content (AvgIpc) is 2.85. The Labute approximate surface area is 101 Å². The number of aromatic nitrogens is 4. The van der Waals surface area contributed by atoms with E-state index in [9.17, 15) is 0 Å². The van der Waals surface area contributed by atoms with Crippen molar-refractivity contribution in [3.63, 3.8) is 0 Å². The van der Waals surface area contributed by atoms with Gasteiger partial charge in [-0.1, -0.05) is 0 Å². The van der Waals surface area contributed by atoms with Gasteiger partial charge in [-0.05, 0) is 26.0 Å². The number of hydrogen-bond donors (Lipinski definition) is 1. The summed E-state index contributed by atoms with van der Waals surface area (Å²) in [5, 5.41) is 8.75. The van der Waals surface area contributed by atoms with Crippen molar-refractivity contribution < 1.29 is 0 Å². The highest BCUT2D eigenvalue weighted by Crippen LogP contribution is 2.15. The molecular formula is C12H19N5. The van der Waals surface area contributed by atoms with Gasteiger partial charge in [-0.25, -0.2) is 0 Å². The van der Waals surface area contributed by atoms with E-state index in [-0.39, 0.29) is 6.04 Å². The van der Waals surface area contributed by atoms with Gasteiger partial charge in [0.2, 0.25) is 0 Å². The van der Waals surface area contributed by atoms with E-state index >= 15 is 0 Å². The Morgan fingerprint density at radius 1 is 1.41 bits per heavy atom. The maximum Gasteiger partial charge on any atom is 0.0795 e. The molecule has 0 aliphatic carbocycles. The molecule has 1 unspecified atom stereocenters. The molecule has 2 heterocycles. The first-order chi connectivity index (χ1) is 8.10. The van der Waals surface area contributed by atoms with Crippen molar-refractivity contribution in [3.05, 3.63) is 35.4 Å². The fourth-order valence-electron chi connectivity index (χ4n) is 2.00. The van der Waals surface area contributed by atoms with E-state index in [2.05, 4.69) is 23.2 Å². The standard InChI is InChI=1S/C12H19N5/c1-4-17-10(7-9(2)14-17)8-11(13)12-5-6-16(3)15-12/h5-7,11H,4,8,13H2,1-3H3. The molecule has 0 aliphatic heterocycles. The molecule has 0 spiro atoms. The quantitative estimate of drug-likeness (QED) is 0.862. The lowest BCUT2D eigenvalue weighted by Crippen LogP contribution is -2.17. The smallest absolute Gasteiger partial charge is 0.0795 e. The maximum absolute atomic E-state index is 6.16. The Bertz CT molecular complexity index is 497. The predicted octanol–water partition coefficient (Wildman–Crippen LogP) is 1.19. The molecule has 2 aromatic heterocycles. The Hall–Kier alpha value is -1.62. The number of nitrogens with zero attached hydrogens (tertiary/aromatic N) is 4. The lowest BCUT2D eigenvalue weighted by atomic mass is 10.1. The summed E-state index contributed by atoms with van der Waals surface area (Å²) >= 11 is 0. The molecule has 5 nitrogen and oxygen atoms in total. The van der Waals surface area contributed by atoms with Gasteiger partial charge in [0.1, 0.15) is 0 Å². The highest BCUT2D eigenvalue weighted by molar-refractivity contribution is 5.14. The molecule has 0 aromatic carbocycles. The highest BCUT2D eigenvalue weighted by Gasteiger charge is 2.13. The van der Waals surface area contributed by atoms with Crippen LogP contribution in [-0.4, -0.2) is 19.6 Å². The molecule has 2 N–H and O–H groups in total. The zero-order chi connectivity index (χ0) is 12.4. The van der Waals surface area contributed by atoms with Gasteiger partial charge in [0, 0.05) is 31.9 Å². The van der Waals surface area contributed by atoms with Crippen molar-refractivity contribution >= 4 is 0 Å². The first-order valence-corrected chi connectivity index (χ1v) is 5.88. The van der Waals surface area contributed by atoms with Crippen LogP contribution in [0, 0.1) is 6.92 Å². The second kappa shape index (κ2) is 4.71. The van der Waals surface area contributed by atoms with Crippen LogP contribution in [0.2, 0.25) is 0 Å². The third-order valence-electron chi connectivity index (χ3n) is 2.83. The van der Waals surface area contributed by atoms with E-state index < -0.39 is 0 Å². The lowest BCUT2D eigenvalue weighted by molar-refractivity contribution is 0.577. The Morgan fingerprint density at radius 2 is 2.18 bits per heavy atom. The van der Waals surface area contributed by atoms with E-state index in [1.807, 2.05) is 30.9 Å². The van der Waals surface area contributed by atoms with Gasteiger partial charge in [0.25, 0.3) is 0 Å². The second-order valence-corrected chi connectivity index (χ2v) is 4.32. The van der Waals surface area contributed by atoms with Crippen LogP contribution in [0.5, 0.6) is 0 Å². The summed E-state index contributed by atoms with van der Waals surface area (Å²) in [7, 11) is 1.90. The zero-order valence-corrected chi connectivity index (χ0v) is 10.6. The number of nitrogens with two attached hydrogens (primary N) is 1. The molecular weight excluding hydrogens is 214 g/mol. The van der Waals surface area contributed by atoms with E-state index in [0.29, 0.717) is 0 Å². The van der Waals surface area contributed by atoms with Crippen LogP contribution in [0.3, 0.4) is 0 Å². The fourth-order valence-corrected chi connectivity index (χ4v) is 2.00. The predicted molar refractivity (Wildman–Crippen MR) is 66.5 cm³/mol. The first kappa shape index (κ1) is 11.9. The third-order valence-corrected chi connectivity index (χ3v) is 2.83. The Balaban J connectivity index is 2.14. The maximum atomic E-state index is 6.16. The van der Waals surface area contributed by atoms with Crippen molar-refractivity contribution in [1.82, 2.24) is 19.6 Å². The van der Waals surface area contributed by atoms with Crippen molar-refractivity contribution in [2.45, 2.75) is 32.9 Å². The summed E-state index contributed by atoms with van der Waals surface area (Å²) < 4.78 is 3.77. The minimum Gasteiger partial charge on any atom is -0.322 e. The van der Waals surface area contributed by atoms with Gasteiger partial charge >= 0.3 is 0 Å². The molecule has 5 heteroatoms. The van der Waals surface area contributed by atoms with Gasteiger partial charge in [-0.2, -0.15) is 10.2 Å². The molecule has 0 saturated heterocycles. The normalized spacial score (nSPS) is 12.9. The molecule has 0 aliphatic rings. The van der Waals surface area contributed by atoms with Gasteiger partial charge in [-0.3, -0.25) is 9.36 Å². The lowest BCUT2D eigenvalue weighted by Gasteiger charge is -2.10. The summed E-state index contributed by atoms with van der Waals surface area (Å²) in [5.74, 6) is 0. The SMILES string of the molecule is CCn1nc(C)cc1CC(N)c1ccn(C)n1. The van der Waals surface area contributed by atoms with Gasteiger partial charge < -0.3 is 5.73 Å². The number of rotatable bonds is 4. The van der Waals surface area contributed by atoms with Crippen LogP contribution in [0.15, 0.2) is 18.3 Å². The summed E-state index contributed by atoms with van der Waals surface area (Å²) in [5.41, 5.74) is 9.29. The molecule has 0 fully saturated rings. The van der Waals surface area contributed by atoms with Gasteiger partial charge in [0.15, 0.2) is 0 Å². The molecule has 17 heavy (non-hydrogen) atoms. The summed E-state index contributed by atoms with van der Waals surface area (Å²) in [6, 6.07) is 3.98. The van der Waals surface area contributed by atoms with Crippen LogP contribution in [0.25, 0.3) is 0 Å². The fraction of sp³-hybridized carbons (Fsp3) is 0.500. The molecule has 92 valence electrons. The van der Waals surface area contributed by atoms with Crippen molar-refractivity contribution in [2.24, 2.45) is 12.8 Å². The van der Waals surface area contributed by atoms with Crippen molar-refractivity contribution in [3.8, 4) is 0 Å². The van der Waals surface area contributed by atoms with Crippen LogP contribution in [0.4, 0.5) is 0 Å².